The Morgan fingerprint density at radius 1 is 1.03 bits per heavy atom. The van der Waals surface area contributed by atoms with Crippen molar-refractivity contribution in [3.8, 4) is 0 Å². The van der Waals surface area contributed by atoms with Crippen molar-refractivity contribution < 1.29 is 14.3 Å². The Morgan fingerprint density at radius 3 is 2.56 bits per heavy atom. The Bertz CT molecular complexity index is 1150. The first-order valence-corrected chi connectivity index (χ1v) is 10.6. The van der Waals surface area contributed by atoms with E-state index in [0.717, 1.165) is 5.56 Å². The van der Waals surface area contributed by atoms with Gasteiger partial charge in [0, 0.05) is 54.2 Å². The number of hydrogen-bond acceptors (Lipinski definition) is 6. The maximum Gasteiger partial charge on any atom is 0.414 e. The van der Waals surface area contributed by atoms with E-state index >= 15 is 0 Å². The lowest BCUT2D eigenvalue weighted by Gasteiger charge is -2.29. The third-order valence-corrected chi connectivity index (χ3v) is 5.30. The molecular formula is C21H20Cl2N6O3. The Labute approximate surface area is 193 Å². The van der Waals surface area contributed by atoms with Gasteiger partial charge in [0.25, 0.3) is 5.91 Å². The molecule has 1 aromatic heterocycles. The van der Waals surface area contributed by atoms with Crippen molar-refractivity contribution in [3.05, 3.63) is 70.0 Å². The van der Waals surface area contributed by atoms with E-state index in [0.29, 0.717) is 52.8 Å². The maximum absolute atomic E-state index is 12.3. The number of carbonyl (C=O) groups excluding carboxylic acids is 2. The second-order valence-corrected chi connectivity index (χ2v) is 8.02. The van der Waals surface area contributed by atoms with Gasteiger partial charge in [-0.3, -0.25) is 9.69 Å². The molecule has 2 N–H and O–H groups in total. The number of H-pyrrole nitrogens is 1. The summed E-state index contributed by atoms with van der Waals surface area (Å²) in [5, 5.41) is 14.3. The van der Waals surface area contributed by atoms with Crippen molar-refractivity contribution >= 4 is 46.2 Å². The fourth-order valence-corrected chi connectivity index (χ4v) is 3.79. The molecule has 0 spiro atoms. The molecule has 2 amide bonds. The topological polar surface area (TPSA) is 103 Å². The van der Waals surface area contributed by atoms with Crippen molar-refractivity contribution in [1.82, 2.24) is 30.5 Å². The first kappa shape index (κ1) is 21.9. The summed E-state index contributed by atoms with van der Waals surface area (Å²) in [6.07, 6.45) is 3.01. The molecular weight excluding hydrogens is 455 g/mol. The van der Waals surface area contributed by atoms with Gasteiger partial charge in [0.2, 0.25) is 0 Å². The monoisotopic (exact) mass is 474 g/mol. The Morgan fingerprint density at radius 2 is 1.81 bits per heavy atom. The van der Waals surface area contributed by atoms with Crippen LogP contribution in [-0.4, -0.2) is 63.4 Å². The quantitative estimate of drug-likeness (QED) is 0.567. The number of aromatic amines is 1. The van der Waals surface area contributed by atoms with Gasteiger partial charge in [-0.2, -0.15) is 15.4 Å². The van der Waals surface area contributed by atoms with Gasteiger partial charge in [0.05, 0.1) is 0 Å². The summed E-state index contributed by atoms with van der Waals surface area (Å²) in [4.78, 5) is 28.1. The molecule has 0 saturated heterocycles. The standard InChI is InChI=1S/C21H20Cl2N6O3/c22-16-9-14(10-17(23)12-16)13-32-21(31)29-7-5-28(6-8-29)4-3-24-20(30)15-1-2-18-19(11-15)26-27-25-18/h1-2,5,7,9-12H,3-4,6,8,13H2,(H,24,30)(H,25,26,27). The third kappa shape index (κ3) is 5.49. The molecule has 32 heavy (non-hydrogen) atoms. The zero-order valence-electron chi connectivity index (χ0n) is 16.9. The number of aromatic nitrogens is 3. The summed E-state index contributed by atoms with van der Waals surface area (Å²) < 4.78 is 5.33. The van der Waals surface area contributed by atoms with Gasteiger partial charge in [0.15, 0.2) is 0 Å². The van der Waals surface area contributed by atoms with Crippen LogP contribution in [0.2, 0.25) is 10.0 Å². The van der Waals surface area contributed by atoms with Crippen LogP contribution in [0.4, 0.5) is 4.79 Å². The Kier molecular flexibility index (Phi) is 6.77. The van der Waals surface area contributed by atoms with Crippen LogP contribution in [0.25, 0.3) is 11.0 Å². The van der Waals surface area contributed by atoms with Gasteiger partial charge < -0.3 is 15.0 Å². The zero-order valence-corrected chi connectivity index (χ0v) is 18.4. The summed E-state index contributed by atoms with van der Waals surface area (Å²) >= 11 is 11.9. The van der Waals surface area contributed by atoms with Crippen LogP contribution in [0.1, 0.15) is 15.9 Å². The lowest BCUT2D eigenvalue weighted by molar-refractivity contribution is 0.0948. The number of ether oxygens (including phenoxy) is 1. The van der Waals surface area contributed by atoms with Gasteiger partial charge in [-0.1, -0.05) is 23.2 Å². The average Bonchev–Trinajstić information content (AvgIpc) is 3.25. The van der Waals surface area contributed by atoms with Crippen molar-refractivity contribution in [3.63, 3.8) is 0 Å². The molecule has 1 aliphatic heterocycles. The number of rotatable bonds is 6. The van der Waals surface area contributed by atoms with E-state index in [9.17, 15) is 9.59 Å². The predicted octanol–water partition coefficient (Wildman–Crippen LogP) is 3.42. The van der Waals surface area contributed by atoms with Gasteiger partial charge in [-0.15, -0.1) is 0 Å². The summed E-state index contributed by atoms with van der Waals surface area (Å²) in [6, 6.07) is 10.2. The minimum Gasteiger partial charge on any atom is -0.444 e. The molecule has 3 aromatic rings. The molecule has 166 valence electrons. The number of hydrogen-bond donors (Lipinski definition) is 2. The number of fused-ring (bicyclic) bond motifs is 1. The van der Waals surface area contributed by atoms with E-state index in [1.807, 2.05) is 4.90 Å². The molecule has 0 radical (unpaired) electrons. The summed E-state index contributed by atoms with van der Waals surface area (Å²) in [7, 11) is 0. The molecule has 0 bridgehead atoms. The molecule has 9 nitrogen and oxygen atoms in total. The van der Waals surface area contributed by atoms with Gasteiger partial charge in [-0.25, -0.2) is 4.79 Å². The van der Waals surface area contributed by atoms with E-state index in [-0.39, 0.29) is 12.5 Å². The van der Waals surface area contributed by atoms with Crippen LogP contribution in [0.3, 0.4) is 0 Å². The molecule has 2 heterocycles. The third-order valence-electron chi connectivity index (χ3n) is 4.87. The number of nitrogens with one attached hydrogen (secondary N) is 2. The summed E-state index contributed by atoms with van der Waals surface area (Å²) in [6.45, 7) is 2.25. The Balaban J connectivity index is 1.20. The van der Waals surface area contributed by atoms with E-state index in [2.05, 4.69) is 20.7 Å². The number of amides is 2. The van der Waals surface area contributed by atoms with Gasteiger partial charge in [-0.05, 0) is 42.0 Å². The average molecular weight is 475 g/mol. The van der Waals surface area contributed by atoms with E-state index < -0.39 is 6.09 Å². The fourth-order valence-electron chi connectivity index (χ4n) is 3.22. The van der Waals surface area contributed by atoms with Crippen LogP contribution in [-0.2, 0) is 11.3 Å². The van der Waals surface area contributed by atoms with E-state index in [1.165, 1.54) is 4.90 Å². The first-order valence-electron chi connectivity index (χ1n) is 9.87. The van der Waals surface area contributed by atoms with Crippen molar-refractivity contribution in [2.75, 3.05) is 26.2 Å². The maximum atomic E-state index is 12.3. The molecule has 0 fully saturated rings. The molecule has 4 rings (SSSR count). The van der Waals surface area contributed by atoms with Crippen LogP contribution >= 0.6 is 23.2 Å². The second-order valence-electron chi connectivity index (χ2n) is 7.14. The molecule has 0 aliphatic carbocycles. The van der Waals surface area contributed by atoms with Crippen LogP contribution < -0.4 is 5.32 Å². The molecule has 0 atom stereocenters. The fraction of sp³-hybridized carbons (Fsp3) is 0.238. The number of benzene rings is 2. The second kappa shape index (κ2) is 9.88. The van der Waals surface area contributed by atoms with E-state index in [1.54, 1.807) is 48.8 Å². The first-order chi connectivity index (χ1) is 15.5. The molecule has 1 aliphatic rings. The van der Waals surface area contributed by atoms with Crippen LogP contribution in [0, 0.1) is 0 Å². The minimum atomic E-state index is -0.450. The molecule has 0 unspecified atom stereocenters. The van der Waals surface area contributed by atoms with Crippen molar-refractivity contribution in [2.45, 2.75) is 6.61 Å². The number of nitrogens with zero attached hydrogens (tertiary/aromatic N) is 4. The Hall–Kier alpha value is -3.30. The highest BCUT2D eigenvalue weighted by Crippen LogP contribution is 2.20. The van der Waals surface area contributed by atoms with Crippen molar-refractivity contribution in [2.24, 2.45) is 0 Å². The highest BCUT2D eigenvalue weighted by molar-refractivity contribution is 6.34. The largest absolute Gasteiger partial charge is 0.444 e. The zero-order chi connectivity index (χ0) is 22.5. The lowest BCUT2D eigenvalue weighted by atomic mass is 10.2. The summed E-state index contributed by atoms with van der Waals surface area (Å²) in [5.41, 5.74) is 2.59. The number of halogens is 2. The molecule has 11 heteroatoms. The minimum absolute atomic E-state index is 0.0827. The van der Waals surface area contributed by atoms with Crippen molar-refractivity contribution in [1.29, 1.82) is 0 Å². The molecule has 2 aromatic carbocycles. The highest BCUT2D eigenvalue weighted by atomic mass is 35.5. The SMILES string of the molecule is O=C(NCCN1C=CN(C(=O)OCc2cc(Cl)cc(Cl)c2)CC1)c1ccc2n[nH]nc2c1. The number of carbonyl (C=O) groups is 2. The van der Waals surface area contributed by atoms with Crippen LogP contribution in [0.5, 0.6) is 0 Å². The predicted molar refractivity (Wildman–Crippen MR) is 120 cm³/mol. The van der Waals surface area contributed by atoms with Crippen LogP contribution in [0.15, 0.2) is 48.8 Å². The van der Waals surface area contributed by atoms with E-state index in [4.69, 9.17) is 27.9 Å². The highest BCUT2D eigenvalue weighted by Gasteiger charge is 2.18. The smallest absolute Gasteiger partial charge is 0.414 e. The van der Waals surface area contributed by atoms with Gasteiger partial charge in [0.1, 0.15) is 17.6 Å². The van der Waals surface area contributed by atoms with Gasteiger partial charge >= 0.3 is 6.09 Å². The molecule has 0 saturated carbocycles. The summed E-state index contributed by atoms with van der Waals surface area (Å²) in [5.74, 6) is -0.179. The normalized spacial score (nSPS) is 13.4. The lowest BCUT2D eigenvalue weighted by Crippen LogP contribution is -2.41.